The van der Waals surface area contributed by atoms with E-state index in [1.807, 2.05) is 30.3 Å². The van der Waals surface area contributed by atoms with Gasteiger partial charge in [-0.25, -0.2) is 9.48 Å². The number of aromatic nitrogens is 2. The van der Waals surface area contributed by atoms with Crippen molar-refractivity contribution in [2.24, 2.45) is 10.7 Å². The lowest BCUT2D eigenvalue weighted by Crippen LogP contribution is -2.45. The van der Waals surface area contributed by atoms with Crippen LogP contribution in [0.25, 0.3) is 0 Å². The van der Waals surface area contributed by atoms with E-state index in [1.54, 1.807) is 4.68 Å². The van der Waals surface area contributed by atoms with E-state index in [4.69, 9.17) is 10.5 Å². The number of amides is 3. The zero-order valence-corrected chi connectivity index (χ0v) is 18.4. The van der Waals surface area contributed by atoms with Crippen LogP contribution in [0.5, 0.6) is 0 Å². The normalized spacial score (nSPS) is 18.4. The largest absolute Gasteiger partial charge is 0.376 e. The Balaban J connectivity index is 1.81. The molecule has 1 saturated heterocycles. The number of urea groups is 1. The number of hydrogen-bond donors (Lipinski definition) is 2. The van der Waals surface area contributed by atoms with Gasteiger partial charge in [-0.3, -0.25) is 4.79 Å². The summed E-state index contributed by atoms with van der Waals surface area (Å²) >= 11 is 1.37. The van der Waals surface area contributed by atoms with Crippen LogP contribution in [0.1, 0.15) is 44.2 Å². The Morgan fingerprint density at radius 1 is 1.37 bits per heavy atom. The lowest BCUT2D eigenvalue weighted by Gasteiger charge is -2.14. The van der Waals surface area contributed by atoms with Crippen LogP contribution in [0.3, 0.4) is 0 Å². The van der Waals surface area contributed by atoms with Crippen molar-refractivity contribution >= 4 is 23.3 Å². The highest BCUT2D eigenvalue weighted by atomic mass is 32.1. The number of rotatable bonds is 6. The van der Waals surface area contributed by atoms with Gasteiger partial charge in [0.1, 0.15) is 11.0 Å². The average molecular weight is 432 g/mol. The van der Waals surface area contributed by atoms with Gasteiger partial charge < -0.3 is 15.8 Å². The van der Waals surface area contributed by atoms with E-state index < -0.39 is 18.0 Å². The van der Waals surface area contributed by atoms with E-state index in [9.17, 15) is 9.59 Å². The van der Waals surface area contributed by atoms with Gasteiger partial charge in [-0.15, -0.1) is 0 Å². The molecule has 0 spiro atoms. The summed E-state index contributed by atoms with van der Waals surface area (Å²) in [6.07, 6.45) is 2.36. The maximum Gasteiger partial charge on any atom is 0.344 e. The van der Waals surface area contributed by atoms with Crippen molar-refractivity contribution in [1.82, 2.24) is 15.1 Å². The number of nitrogens with one attached hydrogen (secondary N) is 1. The Hall–Kier alpha value is -2.52. The molecule has 1 aromatic carbocycles. The summed E-state index contributed by atoms with van der Waals surface area (Å²) in [5.41, 5.74) is 6.23. The fourth-order valence-corrected chi connectivity index (χ4v) is 4.10. The van der Waals surface area contributed by atoms with Gasteiger partial charge in [0.05, 0.1) is 12.6 Å². The Morgan fingerprint density at radius 2 is 2.10 bits per heavy atom. The molecule has 9 heteroatoms. The van der Waals surface area contributed by atoms with Crippen molar-refractivity contribution in [2.45, 2.75) is 64.1 Å². The molecule has 8 nitrogen and oxygen atoms in total. The maximum absolute atomic E-state index is 12.6. The molecular weight excluding hydrogens is 402 g/mol. The van der Waals surface area contributed by atoms with Crippen molar-refractivity contribution in [1.29, 1.82) is 0 Å². The fourth-order valence-electron chi connectivity index (χ4n) is 3.14. The molecule has 2 aromatic rings. The van der Waals surface area contributed by atoms with Crippen LogP contribution in [0.4, 0.5) is 4.79 Å². The molecule has 162 valence electrons. The molecule has 1 fully saturated rings. The SMILES string of the molecule is CC(C)(C)c1nn(C[C@H]2CCCO2)c(=NC(=O)N[C@@H](Cc2ccccc2)C(N)=O)s1. The zero-order valence-electron chi connectivity index (χ0n) is 17.6. The summed E-state index contributed by atoms with van der Waals surface area (Å²) in [4.78, 5) is 29.2. The first-order chi connectivity index (χ1) is 14.2. The van der Waals surface area contributed by atoms with Crippen LogP contribution in [0, 0.1) is 0 Å². The second-order valence-corrected chi connectivity index (χ2v) is 9.42. The number of benzene rings is 1. The van der Waals surface area contributed by atoms with Crippen LogP contribution >= 0.6 is 11.3 Å². The minimum atomic E-state index is -0.842. The molecule has 0 bridgehead atoms. The molecule has 3 rings (SSSR count). The molecule has 30 heavy (non-hydrogen) atoms. The van der Waals surface area contributed by atoms with Gasteiger partial charge in [0.2, 0.25) is 10.7 Å². The van der Waals surface area contributed by atoms with E-state index in [1.165, 1.54) is 11.3 Å². The molecule has 1 aromatic heterocycles. The maximum atomic E-state index is 12.6. The lowest BCUT2D eigenvalue weighted by atomic mass is 9.98. The summed E-state index contributed by atoms with van der Waals surface area (Å²) in [5, 5.41) is 8.18. The second kappa shape index (κ2) is 9.53. The van der Waals surface area contributed by atoms with Gasteiger partial charge in [0.15, 0.2) is 0 Å². The average Bonchev–Trinajstić information content (AvgIpc) is 3.32. The number of nitrogens with zero attached hydrogens (tertiary/aromatic N) is 3. The quantitative estimate of drug-likeness (QED) is 0.730. The van der Waals surface area contributed by atoms with Gasteiger partial charge in [-0.05, 0) is 18.4 Å². The van der Waals surface area contributed by atoms with Gasteiger partial charge in [-0.1, -0.05) is 62.4 Å². The lowest BCUT2D eigenvalue weighted by molar-refractivity contribution is -0.119. The first-order valence-corrected chi connectivity index (χ1v) is 10.9. The Bertz CT molecular complexity index is 940. The third-order valence-corrected chi connectivity index (χ3v) is 6.16. The Kier molecular flexibility index (Phi) is 7.04. The molecule has 3 N–H and O–H groups in total. The van der Waals surface area contributed by atoms with Crippen LogP contribution < -0.4 is 15.9 Å². The summed E-state index contributed by atoms with van der Waals surface area (Å²) < 4.78 is 7.45. The zero-order chi connectivity index (χ0) is 21.7. The van der Waals surface area contributed by atoms with Crippen molar-refractivity contribution in [3.63, 3.8) is 0 Å². The van der Waals surface area contributed by atoms with Crippen molar-refractivity contribution in [3.05, 3.63) is 45.7 Å². The monoisotopic (exact) mass is 431 g/mol. The summed E-state index contributed by atoms with van der Waals surface area (Å²) in [5.74, 6) is -0.602. The minimum Gasteiger partial charge on any atom is -0.376 e. The third-order valence-electron chi connectivity index (χ3n) is 4.78. The molecule has 0 unspecified atom stereocenters. The van der Waals surface area contributed by atoms with E-state index in [-0.39, 0.29) is 11.5 Å². The number of primary amides is 1. The van der Waals surface area contributed by atoms with Gasteiger partial charge >= 0.3 is 6.03 Å². The number of hydrogen-bond acceptors (Lipinski definition) is 5. The smallest absolute Gasteiger partial charge is 0.344 e. The van der Waals surface area contributed by atoms with Crippen LogP contribution in [-0.4, -0.2) is 40.5 Å². The fraction of sp³-hybridized carbons (Fsp3) is 0.524. The number of ether oxygens (including phenoxy) is 1. The first-order valence-electron chi connectivity index (χ1n) is 10.1. The molecule has 0 aliphatic carbocycles. The summed E-state index contributed by atoms with van der Waals surface area (Å²) in [6, 6.07) is 7.95. The van der Waals surface area contributed by atoms with Gasteiger partial charge in [0.25, 0.3) is 0 Å². The van der Waals surface area contributed by atoms with Gasteiger partial charge in [-0.2, -0.15) is 10.1 Å². The second-order valence-electron chi connectivity index (χ2n) is 8.46. The summed E-state index contributed by atoms with van der Waals surface area (Å²) in [6.45, 7) is 7.48. The van der Waals surface area contributed by atoms with Crippen LogP contribution in [0.15, 0.2) is 35.3 Å². The predicted octanol–water partition coefficient (Wildman–Crippen LogP) is 2.13. The van der Waals surface area contributed by atoms with Crippen LogP contribution in [-0.2, 0) is 27.9 Å². The molecule has 2 atom stereocenters. The Labute approximate surface area is 180 Å². The van der Waals surface area contributed by atoms with E-state index in [0.29, 0.717) is 17.8 Å². The van der Waals surface area contributed by atoms with Gasteiger partial charge in [0, 0.05) is 18.4 Å². The van der Waals surface area contributed by atoms with Crippen molar-refractivity contribution < 1.29 is 14.3 Å². The minimum absolute atomic E-state index is 0.0679. The number of carbonyl (C=O) groups is 2. The highest BCUT2D eigenvalue weighted by Crippen LogP contribution is 2.22. The van der Waals surface area contributed by atoms with Crippen molar-refractivity contribution in [2.75, 3.05) is 6.61 Å². The molecule has 3 amide bonds. The number of carbonyl (C=O) groups excluding carboxylic acids is 2. The molecule has 2 heterocycles. The third kappa shape index (κ3) is 5.99. The topological polar surface area (TPSA) is 112 Å². The molecular formula is C21H29N5O3S. The van der Waals surface area contributed by atoms with Crippen molar-refractivity contribution in [3.8, 4) is 0 Å². The molecule has 0 radical (unpaired) electrons. The summed E-state index contributed by atoms with van der Waals surface area (Å²) in [7, 11) is 0. The predicted molar refractivity (Wildman–Crippen MR) is 115 cm³/mol. The standard InChI is InChI=1S/C21H29N5O3S/c1-21(2,3)18-25-26(13-15-10-7-11-29-15)20(30-18)24-19(28)23-16(17(22)27)12-14-8-5-4-6-9-14/h4-6,8-9,15-16H,7,10-13H2,1-3H3,(H2,22,27)(H,23,28)/t15-,16+/m1/s1. The molecule has 1 aliphatic heterocycles. The first kappa shape index (κ1) is 22.2. The van der Waals surface area contributed by atoms with E-state index in [2.05, 4.69) is 36.2 Å². The van der Waals surface area contributed by atoms with E-state index in [0.717, 1.165) is 30.0 Å². The van der Waals surface area contributed by atoms with E-state index >= 15 is 0 Å². The Morgan fingerprint density at radius 3 is 2.70 bits per heavy atom. The highest BCUT2D eigenvalue weighted by molar-refractivity contribution is 7.09. The van der Waals surface area contributed by atoms with Crippen LogP contribution in [0.2, 0.25) is 0 Å². The highest BCUT2D eigenvalue weighted by Gasteiger charge is 2.24. The molecule has 1 aliphatic rings. The molecule has 0 saturated carbocycles. The number of nitrogens with two attached hydrogens (primary N) is 1.